The fourth-order valence-corrected chi connectivity index (χ4v) is 0.640. The molecule has 0 aliphatic carbocycles. The lowest BCUT2D eigenvalue weighted by molar-refractivity contribution is 0.0540. The Morgan fingerprint density at radius 2 is 2.67 bits per heavy atom. The Bertz CT molecular complexity index is 293. The van der Waals surface area contributed by atoms with Crippen molar-refractivity contribution in [2.45, 2.75) is 0 Å². The predicted molar refractivity (Wildman–Crippen MR) is 40.7 cm³/mol. The normalized spacial score (nSPS) is 9.33. The van der Waals surface area contributed by atoms with Gasteiger partial charge >= 0.3 is 5.97 Å². The highest BCUT2D eigenvalue weighted by Crippen LogP contribution is 2.10. The SMILES string of the molecule is C=CCOC(=O)c1nc[nH]c1O. The molecule has 0 bridgehead atoms. The van der Waals surface area contributed by atoms with Crippen LogP contribution in [0.15, 0.2) is 19.0 Å². The highest BCUT2D eigenvalue weighted by atomic mass is 16.5. The van der Waals surface area contributed by atoms with E-state index in [-0.39, 0.29) is 18.2 Å². The summed E-state index contributed by atoms with van der Waals surface area (Å²) < 4.78 is 4.62. The van der Waals surface area contributed by atoms with Crippen LogP contribution in [0.2, 0.25) is 0 Å². The number of aromatic nitrogens is 2. The number of esters is 1. The van der Waals surface area contributed by atoms with E-state index in [0.29, 0.717) is 0 Å². The van der Waals surface area contributed by atoms with E-state index in [0.717, 1.165) is 0 Å². The molecule has 0 aliphatic heterocycles. The first-order valence-electron chi connectivity index (χ1n) is 3.26. The second kappa shape index (κ2) is 3.56. The van der Waals surface area contributed by atoms with Gasteiger partial charge in [0.25, 0.3) is 0 Å². The van der Waals surface area contributed by atoms with Crippen LogP contribution in [0, 0.1) is 0 Å². The Labute approximate surface area is 68.7 Å². The number of rotatable bonds is 3. The smallest absolute Gasteiger partial charge is 0.362 e. The van der Waals surface area contributed by atoms with Gasteiger partial charge in [0.2, 0.25) is 11.6 Å². The van der Waals surface area contributed by atoms with Gasteiger partial charge < -0.3 is 14.8 Å². The van der Waals surface area contributed by atoms with Gasteiger partial charge in [-0.3, -0.25) is 0 Å². The van der Waals surface area contributed by atoms with Crippen molar-refractivity contribution >= 4 is 5.97 Å². The summed E-state index contributed by atoms with van der Waals surface area (Å²) in [6.07, 6.45) is 2.64. The fourth-order valence-electron chi connectivity index (χ4n) is 0.640. The van der Waals surface area contributed by atoms with Gasteiger partial charge in [0.15, 0.2) is 0 Å². The Morgan fingerprint density at radius 3 is 3.17 bits per heavy atom. The van der Waals surface area contributed by atoms with E-state index in [2.05, 4.69) is 21.3 Å². The van der Waals surface area contributed by atoms with Gasteiger partial charge in [-0.05, 0) is 0 Å². The Morgan fingerprint density at radius 1 is 1.92 bits per heavy atom. The number of imidazole rings is 1. The van der Waals surface area contributed by atoms with Crippen molar-refractivity contribution in [2.75, 3.05) is 6.61 Å². The molecule has 0 aromatic carbocycles. The largest absolute Gasteiger partial charge is 0.493 e. The second-order valence-electron chi connectivity index (χ2n) is 1.99. The Balaban J connectivity index is 2.65. The number of carbonyl (C=O) groups excluding carboxylic acids is 1. The van der Waals surface area contributed by atoms with E-state index in [1.165, 1.54) is 12.4 Å². The first kappa shape index (κ1) is 8.32. The highest BCUT2D eigenvalue weighted by Gasteiger charge is 2.14. The number of H-pyrrole nitrogens is 1. The van der Waals surface area contributed by atoms with Crippen LogP contribution in [0.3, 0.4) is 0 Å². The van der Waals surface area contributed by atoms with Crippen LogP contribution in [0.25, 0.3) is 0 Å². The first-order chi connectivity index (χ1) is 5.75. The van der Waals surface area contributed by atoms with Crippen molar-refractivity contribution < 1.29 is 14.6 Å². The lowest BCUT2D eigenvalue weighted by Crippen LogP contribution is -2.05. The van der Waals surface area contributed by atoms with Crippen LogP contribution in [0.5, 0.6) is 5.88 Å². The van der Waals surface area contributed by atoms with Gasteiger partial charge in [-0.1, -0.05) is 12.7 Å². The number of hydrogen-bond acceptors (Lipinski definition) is 4. The summed E-state index contributed by atoms with van der Waals surface area (Å²) in [6.45, 7) is 3.47. The first-order valence-corrected chi connectivity index (χ1v) is 3.26. The molecule has 5 nitrogen and oxygen atoms in total. The van der Waals surface area contributed by atoms with E-state index in [1.54, 1.807) is 0 Å². The van der Waals surface area contributed by atoms with Crippen molar-refractivity contribution in [3.63, 3.8) is 0 Å². The average molecular weight is 168 g/mol. The van der Waals surface area contributed by atoms with Gasteiger partial charge in [-0.15, -0.1) is 0 Å². The zero-order valence-electron chi connectivity index (χ0n) is 6.28. The molecule has 0 unspecified atom stereocenters. The van der Waals surface area contributed by atoms with Crippen molar-refractivity contribution in [1.29, 1.82) is 0 Å². The molecular formula is C7H8N2O3. The summed E-state index contributed by atoms with van der Waals surface area (Å²) in [4.78, 5) is 16.9. The molecule has 0 fully saturated rings. The van der Waals surface area contributed by atoms with Crippen molar-refractivity contribution in [2.24, 2.45) is 0 Å². The number of ether oxygens (including phenoxy) is 1. The molecule has 0 saturated heterocycles. The molecule has 5 heteroatoms. The molecule has 12 heavy (non-hydrogen) atoms. The number of carbonyl (C=O) groups is 1. The molecule has 1 rings (SSSR count). The molecule has 1 aromatic rings. The maximum Gasteiger partial charge on any atom is 0.362 e. The van der Waals surface area contributed by atoms with Crippen LogP contribution in [0.1, 0.15) is 10.5 Å². The summed E-state index contributed by atoms with van der Waals surface area (Å²) in [5.41, 5.74) is -0.114. The lowest BCUT2D eigenvalue weighted by Gasteiger charge is -1.97. The van der Waals surface area contributed by atoms with Gasteiger partial charge in [0.05, 0.1) is 6.33 Å². The third-order valence-electron chi connectivity index (χ3n) is 1.14. The van der Waals surface area contributed by atoms with Crippen molar-refractivity contribution in [3.05, 3.63) is 24.7 Å². The standard InChI is InChI=1S/C7H8N2O3/c1-2-3-12-7(11)5-6(10)9-4-8-5/h2,4,10H,1,3H2,(H,8,9). The fraction of sp³-hybridized carbons (Fsp3) is 0.143. The monoisotopic (exact) mass is 168 g/mol. The topological polar surface area (TPSA) is 75.2 Å². The van der Waals surface area contributed by atoms with Crippen LogP contribution in [-0.4, -0.2) is 27.7 Å². The van der Waals surface area contributed by atoms with Crippen molar-refractivity contribution in [1.82, 2.24) is 9.97 Å². The number of aromatic hydroxyl groups is 1. The summed E-state index contributed by atoms with van der Waals surface area (Å²) in [5, 5.41) is 8.98. The van der Waals surface area contributed by atoms with Gasteiger partial charge in [0, 0.05) is 0 Å². The second-order valence-corrected chi connectivity index (χ2v) is 1.99. The van der Waals surface area contributed by atoms with Crippen LogP contribution < -0.4 is 0 Å². The minimum Gasteiger partial charge on any atom is -0.493 e. The Kier molecular flexibility index (Phi) is 2.47. The van der Waals surface area contributed by atoms with E-state index < -0.39 is 5.97 Å². The number of aromatic amines is 1. The third-order valence-corrected chi connectivity index (χ3v) is 1.14. The molecule has 0 aliphatic rings. The number of hydrogen-bond donors (Lipinski definition) is 2. The minimum atomic E-state index is -0.673. The van der Waals surface area contributed by atoms with E-state index in [4.69, 9.17) is 5.11 Å². The van der Waals surface area contributed by atoms with Gasteiger partial charge in [0.1, 0.15) is 6.61 Å². The van der Waals surface area contributed by atoms with E-state index >= 15 is 0 Å². The zero-order valence-corrected chi connectivity index (χ0v) is 6.28. The van der Waals surface area contributed by atoms with Crippen LogP contribution in [-0.2, 0) is 4.74 Å². The van der Waals surface area contributed by atoms with Crippen LogP contribution in [0.4, 0.5) is 0 Å². The predicted octanol–water partition coefficient (Wildman–Crippen LogP) is 0.458. The molecule has 0 saturated carbocycles. The zero-order chi connectivity index (χ0) is 8.97. The molecule has 2 N–H and O–H groups in total. The number of nitrogens with zero attached hydrogens (tertiary/aromatic N) is 1. The van der Waals surface area contributed by atoms with E-state index in [9.17, 15) is 4.79 Å². The minimum absolute atomic E-state index is 0.102. The van der Waals surface area contributed by atoms with Crippen LogP contribution >= 0.6 is 0 Å². The lowest BCUT2D eigenvalue weighted by atomic mass is 10.5. The maximum atomic E-state index is 11.0. The third kappa shape index (κ3) is 1.63. The summed E-state index contributed by atoms with van der Waals surface area (Å²) in [5.74, 6) is -0.960. The number of nitrogens with one attached hydrogen (secondary N) is 1. The van der Waals surface area contributed by atoms with E-state index in [1.807, 2.05) is 0 Å². The summed E-state index contributed by atoms with van der Waals surface area (Å²) in [7, 11) is 0. The Hall–Kier alpha value is -1.78. The quantitative estimate of drug-likeness (QED) is 0.507. The summed E-state index contributed by atoms with van der Waals surface area (Å²) >= 11 is 0. The molecule has 0 spiro atoms. The molecule has 0 radical (unpaired) electrons. The molecule has 0 atom stereocenters. The molecule has 0 amide bonds. The highest BCUT2D eigenvalue weighted by molar-refractivity contribution is 5.89. The molecular weight excluding hydrogens is 160 g/mol. The molecule has 1 heterocycles. The van der Waals surface area contributed by atoms with Crippen molar-refractivity contribution in [3.8, 4) is 5.88 Å². The maximum absolute atomic E-state index is 11.0. The average Bonchev–Trinajstić information content (AvgIpc) is 2.47. The molecule has 1 aromatic heterocycles. The molecule has 64 valence electrons. The summed E-state index contributed by atoms with van der Waals surface area (Å²) in [6, 6.07) is 0. The van der Waals surface area contributed by atoms with Gasteiger partial charge in [-0.2, -0.15) is 0 Å². The van der Waals surface area contributed by atoms with Gasteiger partial charge in [-0.25, -0.2) is 9.78 Å².